The number of carbonyl (C=O) groups excluding carboxylic acids is 1. The quantitative estimate of drug-likeness (QED) is 0.718. The second-order valence-electron chi connectivity index (χ2n) is 5.81. The van der Waals surface area contributed by atoms with E-state index in [1.807, 2.05) is 26.0 Å². The monoisotopic (exact) mass is 335 g/mol. The first-order valence-electron chi connectivity index (χ1n) is 7.89. The number of hydrogen-bond donors (Lipinski definition) is 2. The second-order valence-corrected chi connectivity index (χ2v) is 5.81. The van der Waals surface area contributed by atoms with E-state index in [9.17, 15) is 9.18 Å². The maximum Gasteiger partial charge on any atom is 0.274 e. The van der Waals surface area contributed by atoms with Crippen molar-refractivity contribution in [1.82, 2.24) is 4.98 Å². The molecule has 126 valence electrons. The van der Waals surface area contributed by atoms with E-state index in [1.165, 1.54) is 12.1 Å². The van der Waals surface area contributed by atoms with Gasteiger partial charge in [-0.25, -0.2) is 9.37 Å². The summed E-state index contributed by atoms with van der Waals surface area (Å²) < 4.78 is 13.6. The molecule has 2 aromatic carbocycles. The lowest BCUT2D eigenvalue weighted by atomic mass is 10.1. The van der Waals surface area contributed by atoms with Crippen molar-refractivity contribution in [2.24, 2.45) is 0 Å². The second kappa shape index (κ2) is 7.13. The van der Waals surface area contributed by atoms with Crippen LogP contribution in [0.5, 0.6) is 0 Å². The first-order valence-corrected chi connectivity index (χ1v) is 7.89. The number of amides is 1. The Balaban J connectivity index is 1.72. The van der Waals surface area contributed by atoms with Crippen LogP contribution in [-0.2, 0) is 0 Å². The zero-order valence-electron chi connectivity index (χ0n) is 14.0. The van der Waals surface area contributed by atoms with Crippen LogP contribution in [0.25, 0.3) is 0 Å². The number of aromatic nitrogens is 1. The Labute approximate surface area is 145 Å². The summed E-state index contributed by atoms with van der Waals surface area (Å²) in [7, 11) is 0. The van der Waals surface area contributed by atoms with Crippen molar-refractivity contribution >= 4 is 23.0 Å². The molecule has 2 N–H and O–H groups in total. The lowest BCUT2D eigenvalue weighted by Gasteiger charge is -2.11. The number of benzene rings is 2. The highest BCUT2D eigenvalue weighted by molar-refractivity contribution is 6.03. The molecule has 0 radical (unpaired) electrons. The normalized spacial score (nSPS) is 10.4. The van der Waals surface area contributed by atoms with Crippen molar-refractivity contribution in [1.29, 1.82) is 0 Å². The first-order chi connectivity index (χ1) is 12.0. The van der Waals surface area contributed by atoms with Gasteiger partial charge in [0.25, 0.3) is 5.91 Å². The van der Waals surface area contributed by atoms with Crippen molar-refractivity contribution in [3.05, 3.63) is 83.4 Å². The molecule has 0 aliphatic rings. The van der Waals surface area contributed by atoms with Gasteiger partial charge in [-0.2, -0.15) is 0 Å². The number of pyridine rings is 1. The molecular formula is C20H18FN3O. The van der Waals surface area contributed by atoms with Crippen molar-refractivity contribution in [3.8, 4) is 0 Å². The molecule has 1 amide bonds. The molecule has 0 bridgehead atoms. The van der Waals surface area contributed by atoms with E-state index in [1.54, 1.807) is 30.5 Å². The third-order valence-corrected chi connectivity index (χ3v) is 3.79. The van der Waals surface area contributed by atoms with Crippen LogP contribution in [0.15, 0.2) is 60.8 Å². The summed E-state index contributed by atoms with van der Waals surface area (Å²) in [6.45, 7) is 4.05. The third kappa shape index (κ3) is 4.01. The number of para-hydroxylation sites is 1. The molecule has 1 heterocycles. The van der Waals surface area contributed by atoms with Gasteiger partial charge in [-0.1, -0.05) is 24.3 Å². The maximum atomic E-state index is 13.6. The van der Waals surface area contributed by atoms with Gasteiger partial charge in [0, 0.05) is 5.69 Å². The van der Waals surface area contributed by atoms with Crippen LogP contribution in [0.2, 0.25) is 0 Å². The number of rotatable bonds is 4. The van der Waals surface area contributed by atoms with Gasteiger partial charge < -0.3 is 10.6 Å². The molecule has 3 rings (SSSR count). The van der Waals surface area contributed by atoms with Gasteiger partial charge >= 0.3 is 0 Å². The largest absolute Gasteiger partial charge is 0.354 e. The standard InChI is InChI=1S/C20H18FN3O/c1-13-7-8-14(2)19(11-13)23-15-9-10-18(22-12-15)20(25)24-17-6-4-3-5-16(17)21/h3-12,23H,1-2H3,(H,24,25). The van der Waals surface area contributed by atoms with Gasteiger partial charge in [-0.05, 0) is 55.3 Å². The number of nitrogens with zero attached hydrogens (tertiary/aromatic N) is 1. The van der Waals surface area contributed by atoms with E-state index in [0.717, 1.165) is 22.5 Å². The van der Waals surface area contributed by atoms with Crippen molar-refractivity contribution in [2.45, 2.75) is 13.8 Å². The summed E-state index contributed by atoms with van der Waals surface area (Å²) in [5.74, 6) is -0.938. The van der Waals surface area contributed by atoms with Gasteiger partial charge in [0.2, 0.25) is 0 Å². The molecule has 4 nitrogen and oxygen atoms in total. The summed E-state index contributed by atoms with van der Waals surface area (Å²) in [6, 6.07) is 15.5. The van der Waals surface area contributed by atoms with Crippen LogP contribution in [0.1, 0.15) is 21.6 Å². The smallest absolute Gasteiger partial charge is 0.274 e. The van der Waals surface area contributed by atoms with Crippen LogP contribution in [-0.4, -0.2) is 10.9 Å². The van der Waals surface area contributed by atoms with E-state index in [2.05, 4.69) is 21.7 Å². The highest BCUT2D eigenvalue weighted by atomic mass is 19.1. The Morgan fingerprint density at radius 3 is 2.52 bits per heavy atom. The average Bonchev–Trinajstić information content (AvgIpc) is 2.61. The van der Waals surface area contributed by atoms with Crippen LogP contribution in [0.3, 0.4) is 0 Å². The Morgan fingerprint density at radius 1 is 1.00 bits per heavy atom. The fraction of sp³-hybridized carbons (Fsp3) is 0.100. The predicted molar refractivity (Wildman–Crippen MR) is 97.8 cm³/mol. The fourth-order valence-electron chi connectivity index (χ4n) is 2.38. The highest BCUT2D eigenvalue weighted by Gasteiger charge is 2.10. The molecule has 1 aromatic heterocycles. The average molecular weight is 335 g/mol. The molecule has 0 spiro atoms. The minimum atomic E-state index is -0.482. The van der Waals surface area contributed by atoms with Gasteiger partial charge in [-0.3, -0.25) is 4.79 Å². The van der Waals surface area contributed by atoms with Crippen molar-refractivity contribution in [2.75, 3.05) is 10.6 Å². The van der Waals surface area contributed by atoms with E-state index >= 15 is 0 Å². The predicted octanol–water partition coefficient (Wildman–Crippen LogP) is 4.83. The van der Waals surface area contributed by atoms with Crippen LogP contribution < -0.4 is 10.6 Å². The minimum absolute atomic E-state index is 0.131. The topological polar surface area (TPSA) is 54.0 Å². The molecule has 0 saturated heterocycles. The summed E-state index contributed by atoms with van der Waals surface area (Å²) >= 11 is 0. The molecule has 5 heteroatoms. The van der Waals surface area contributed by atoms with Gasteiger partial charge in [0.15, 0.2) is 0 Å². The van der Waals surface area contributed by atoms with E-state index in [4.69, 9.17) is 0 Å². The van der Waals surface area contributed by atoms with Crippen LogP contribution in [0.4, 0.5) is 21.5 Å². The molecule has 0 atom stereocenters. The summed E-state index contributed by atoms with van der Waals surface area (Å²) in [5.41, 5.74) is 4.39. The van der Waals surface area contributed by atoms with Gasteiger partial charge in [0.1, 0.15) is 11.5 Å². The fourth-order valence-corrected chi connectivity index (χ4v) is 2.38. The molecule has 25 heavy (non-hydrogen) atoms. The number of carbonyl (C=O) groups is 1. The Kier molecular flexibility index (Phi) is 4.75. The van der Waals surface area contributed by atoms with Gasteiger partial charge in [0.05, 0.1) is 17.6 Å². The molecule has 0 aliphatic heterocycles. The number of nitrogens with one attached hydrogen (secondary N) is 2. The van der Waals surface area contributed by atoms with Crippen molar-refractivity contribution in [3.63, 3.8) is 0 Å². The van der Waals surface area contributed by atoms with E-state index in [0.29, 0.717) is 0 Å². The Hall–Kier alpha value is -3.21. The zero-order valence-corrected chi connectivity index (χ0v) is 14.0. The summed E-state index contributed by atoms with van der Waals surface area (Å²) in [5, 5.41) is 5.80. The number of hydrogen-bond acceptors (Lipinski definition) is 3. The number of anilines is 3. The zero-order chi connectivity index (χ0) is 17.8. The van der Waals surface area contributed by atoms with Crippen LogP contribution >= 0.6 is 0 Å². The molecule has 0 unspecified atom stereocenters. The Bertz CT molecular complexity index is 907. The summed E-state index contributed by atoms with van der Waals surface area (Å²) in [6.07, 6.45) is 1.58. The number of aryl methyl sites for hydroxylation is 2. The lowest BCUT2D eigenvalue weighted by Crippen LogP contribution is -2.14. The van der Waals surface area contributed by atoms with Crippen LogP contribution in [0, 0.1) is 19.7 Å². The Morgan fingerprint density at radius 2 is 1.80 bits per heavy atom. The highest BCUT2D eigenvalue weighted by Crippen LogP contribution is 2.21. The number of halogens is 1. The molecule has 0 saturated carbocycles. The molecular weight excluding hydrogens is 317 g/mol. The molecule has 0 fully saturated rings. The summed E-state index contributed by atoms with van der Waals surface area (Å²) in [4.78, 5) is 16.3. The molecule has 3 aromatic rings. The third-order valence-electron chi connectivity index (χ3n) is 3.79. The SMILES string of the molecule is Cc1ccc(C)c(Nc2ccc(C(=O)Nc3ccccc3F)nc2)c1. The molecule has 0 aliphatic carbocycles. The van der Waals surface area contributed by atoms with Crippen molar-refractivity contribution < 1.29 is 9.18 Å². The van der Waals surface area contributed by atoms with E-state index < -0.39 is 11.7 Å². The minimum Gasteiger partial charge on any atom is -0.354 e. The van der Waals surface area contributed by atoms with E-state index in [-0.39, 0.29) is 11.4 Å². The van der Waals surface area contributed by atoms with Gasteiger partial charge in [-0.15, -0.1) is 0 Å². The first kappa shape index (κ1) is 16.6. The maximum absolute atomic E-state index is 13.6. The lowest BCUT2D eigenvalue weighted by molar-refractivity contribution is 0.102.